The summed E-state index contributed by atoms with van der Waals surface area (Å²) in [5.74, 6) is 0. The molecule has 2 aromatic rings. The van der Waals surface area contributed by atoms with E-state index in [0.717, 1.165) is 11.3 Å². The van der Waals surface area contributed by atoms with Gasteiger partial charge in [-0.05, 0) is 42.8 Å². The number of aromatic nitrogens is 1. The van der Waals surface area contributed by atoms with Gasteiger partial charge in [0.1, 0.15) is 6.73 Å². The second-order valence-corrected chi connectivity index (χ2v) is 5.14. The standard InChI is InChI=1S/C16H14Cl2N2O/c1-2-21-11-20-7-3-4-14(20)8-13(10-19)12-5-6-15(17)16(18)9-12/h3-9H,2,11H2,1H3/b13-8+. The summed E-state index contributed by atoms with van der Waals surface area (Å²) in [6, 6.07) is 11.2. The van der Waals surface area contributed by atoms with Crippen molar-refractivity contribution in [3.8, 4) is 6.07 Å². The van der Waals surface area contributed by atoms with Crippen LogP contribution in [0.4, 0.5) is 0 Å². The molecule has 0 bridgehead atoms. The van der Waals surface area contributed by atoms with Crippen LogP contribution in [0.25, 0.3) is 11.6 Å². The van der Waals surface area contributed by atoms with Gasteiger partial charge in [-0.15, -0.1) is 0 Å². The van der Waals surface area contributed by atoms with Crippen LogP contribution in [0.1, 0.15) is 18.2 Å². The lowest BCUT2D eigenvalue weighted by Crippen LogP contribution is -2.02. The predicted octanol–water partition coefficient (Wildman–Crippen LogP) is 4.85. The largest absolute Gasteiger partial charge is 0.361 e. The number of hydrogen-bond donors (Lipinski definition) is 0. The number of allylic oxidation sites excluding steroid dienone is 1. The van der Waals surface area contributed by atoms with Crippen LogP contribution in [-0.4, -0.2) is 11.2 Å². The van der Waals surface area contributed by atoms with Gasteiger partial charge in [-0.1, -0.05) is 29.3 Å². The van der Waals surface area contributed by atoms with E-state index < -0.39 is 0 Å². The van der Waals surface area contributed by atoms with Crippen LogP contribution in [-0.2, 0) is 11.5 Å². The van der Waals surface area contributed by atoms with E-state index in [1.165, 1.54) is 0 Å². The average Bonchev–Trinajstić information content (AvgIpc) is 2.92. The quantitative estimate of drug-likeness (QED) is 0.738. The van der Waals surface area contributed by atoms with E-state index in [9.17, 15) is 5.26 Å². The zero-order valence-electron chi connectivity index (χ0n) is 11.5. The molecule has 0 unspecified atom stereocenters. The van der Waals surface area contributed by atoms with Crippen LogP contribution in [0.15, 0.2) is 36.5 Å². The van der Waals surface area contributed by atoms with Crippen LogP contribution < -0.4 is 0 Å². The first kappa shape index (κ1) is 15.7. The molecule has 1 aromatic heterocycles. The summed E-state index contributed by atoms with van der Waals surface area (Å²) in [5.41, 5.74) is 2.15. The molecule has 108 valence electrons. The smallest absolute Gasteiger partial charge is 0.122 e. The molecule has 3 nitrogen and oxygen atoms in total. The molecule has 21 heavy (non-hydrogen) atoms. The minimum Gasteiger partial charge on any atom is -0.361 e. The van der Waals surface area contributed by atoms with Crippen molar-refractivity contribution in [2.75, 3.05) is 6.61 Å². The second-order valence-electron chi connectivity index (χ2n) is 4.32. The normalized spacial score (nSPS) is 11.4. The Morgan fingerprint density at radius 3 is 2.81 bits per heavy atom. The number of rotatable bonds is 5. The Kier molecular flexibility index (Phi) is 5.46. The monoisotopic (exact) mass is 320 g/mol. The summed E-state index contributed by atoms with van der Waals surface area (Å²) in [6.45, 7) is 3.03. The third-order valence-corrected chi connectivity index (χ3v) is 3.68. The van der Waals surface area contributed by atoms with Crippen LogP contribution in [0.5, 0.6) is 0 Å². The summed E-state index contributed by atoms with van der Waals surface area (Å²) in [5, 5.41) is 10.3. The third-order valence-electron chi connectivity index (χ3n) is 2.94. The topological polar surface area (TPSA) is 38.0 Å². The molecule has 0 aliphatic heterocycles. The minimum absolute atomic E-state index is 0.431. The van der Waals surface area contributed by atoms with Crippen molar-refractivity contribution in [2.45, 2.75) is 13.7 Å². The summed E-state index contributed by atoms with van der Waals surface area (Å²) in [4.78, 5) is 0. The first-order valence-corrected chi connectivity index (χ1v) is 7.21. The van der Waals surface area contributed by atoms with Gasteiger partial charge in [0.05, 0.1) is 21.7 Å². The highest BCUT2D eigenvalue weighted by Gasteiger charge is 2.06. The van der Waals surface area contributed by atoms with E-state index in [-0.39, 0.29) is 0 Å². The summed E-state index contributed by atoms with van der Waals surface area (Å²) < 4.78 is 7.32. The number of nitrogens with zero attached hydrogens (tertiary/aromatic N) is 2. The molecule has 0 atom stereocenters. The van der Waals surface area contributed by atoms with Gasteiger partial charge in [0, 0.05) is 18.5 Å². The Bertz CT molecular complexity index is 699. The van der Waals surface area contributed by atoms with E-state index in [4.69, 9.17) is 27.9 Å². The molecule has 2 rings (SSSR count). The van der Waals surface area contributed by atoms with Crippen molar-refractivity contribution in [1.29, 1.82) is 5.26 Å². The maximum atomic E-state index is 9.37. The third kappa shape index (κ3) is 3.89. The molecule has 0 amide bonds. The summed E-state index contributed by atoms with van der Waals surface area (Å²) >= 11 is 11.9. The fourth-order valence-corrected chi connectivity index (χ4v) is 2.16. The molecule has 0 spiro atoms. The van der Waals surface area contributed by atoms with E-state index in [0.29, 0.717) is 29.0 Å². The van der Waals surface area contributed by atoms with E-state index in [1.807, 2.05) is 29.8 Å². The molecule has 0 fully saturated rings. The van der Waals surface area contributed by atoms with Crippen molar-refractivity contribution < 1.29 is 4.74 Å². The van der Waals surface area contributed by atoms with Gasteiger partial charge in [-0.25, -0.2) is 0 Å². The SMILES string of the molecule is CCOCn1cccc1/C=C(\C#N)c1ccc(Cl)c(Cl)c1. The van der Waals surface area contributed by atoms with Gasteiger partial charge >= 0.3 is 0 Å². The van der Waals surface area contributed by atoms with E-state index in [1.54, 1.807) is 24.3 Å². The Labute approximate surface area is 134 Å². The zero-order valence-corrected chi connectivity index (χ0v) is 13.0. The highest BCUT2D eigenvalue weighted by molar-refractivity contribution is 6.42. The fraction of sp³-hybridized carbons (Fsp3) is 0.188. The van der Waals surface area contributed by atoms with Crippen molar-refractivity contribution in [3.05, 3.63) is 57.8 Å². The van der Waals surface area contributed by atoms with Gasteiger partial charge in [0.25, 0.3) is 0 Å². The molecule has 1 aromatic carbocycles. The molecule has 0 N–H and O–H groups in total. The number of halogens is 2. The highest BCUT2D eigenvalue weighted by Crippen LogP contribution is 2.27. The maximum Gasteiger partial charge on any atom is 0.122 e. The Hall–Kier alpha value is -1.73. The predicted molar refractivity (Wildman–Crippen MR) is 86.0 cm³/mol. The number of ether oxygens (including phenoxy) is 1. The van der Waals surface area contributed by atoms with Crippen LogP contribution in [0.3, 0.4) is 0 Å². The Morgan fingerprint density at radius 2 is 2.14 bits per heavy atom. The maximum absolute atomic E-state index is 9.37. The number of hydrogen-bond acceptors (Lipinski definition) is 2. The molecular formula is C16H14Cl2N2O. The molecule has 0 aliphatic carbocycles. The van der Waals surface area contributed by atoms with Crippen LogP contribution in [0, 0.1) is 11.3 Å². The fourth-order valence-electron chi connectivity index (χ4n) is 1.86. The van der Waals surface area contributed by atoms with Crippen LogP contribution >= 0.6 is 23.2 Å². The van der Waals surface area contributed by atoms with Gasteiger partial charge in [0.15, 0.2) is 0 Å². The van der Waals surface area contributed by atoms with Crippen molar-refractivity contribution in [1.82, 2.24) is 4.57 Å². The molecule has 1 heterocycles. The first-order chi connectivity index (χ1) is 10.2. The molecule has 0 radical (unpaired) electrons. The van der Waals surface area contributed by atoms with Gasteiger partial charge in [-0.3, -0.25) is 0 Å². The van der Waals surface area contributed by atoms with E-state index in [2.05, 4.69) is 6.07 Å². The lowest BCUT2D eigenvalue weighted by Gasteiger charge is -2.07. The Balaban J connectivity index is 2.35. The highest BCUT2D eigenvalue weighted by atomic mass is 35.5. The van der Waals surface area contributed by atoms with E-state index >= 15 is 0 Å². The molecule has 0 saturated carbocycles. The lowest BCUT2D eigenvalue weighted by molar-refractivity contribution is 0.0877. The lowest BCUT2D eigenvalue weighted by atomic mass is 10.1. The number of nitriles is 1. The molecule has 5 heteroatoms. The van der Waals surface area contributed by atoms with Gasteiger partial charge in [-0.2, -0.15) is 5.26 Å². The summed E-state index contributed by atoms with van der Waals surface area (Å²) in [7, 11) is 0. The Morgan fingerprint density at radius 1 is 1.33 bits per heavy atom. The van der Waals surface area contributed by atoms with Crippen molar-refractivity contribution in [3.63, 3.8) is 0 Å². The van der Waals surface area contributed by atoms with Gasteiger partial charge in [0.2, 0.25) is 0 Å². The zero-order chi connectivity index (χ0) is 15.2. The molecular weight excluding hydrogens is 307 g/mol. The van der Waals surface area contributed by atoms with Crippen molar-refractivity contribution in [2.24, 2.45) is 0 Å². The van der Waals surface area contributed by atoms with Crippen LogP contribution in [0.2, 0.25) is 10.0 Å². The van der Waals surface area contributed by atoms with Crippen molar-refractivity contribution >= 4 is 34.9 Å². The average molecular weight is 321 g/mol. The molecule has 0 aliphatic rings. The molecule has 0 saturated heterocycles. The second kappa shape index (κ2) is 7.33. The minimum atomic E-state index is 0.431. The summed E-state index contributed by atoms with van der Waals surface area (Å²) in [6.07, 6.45) is 3.71. The number of benzene rings is 1. The van der Waals surface area contributed by atoms with Gasteiger partial charge < -0.3 is 9.30 Å². The first-order valence-electron chi connectivity index (χ1n) is 6.45.